The minimum Gasteiger partial charge on any atom is -0.399 e. The first-order valence-corrected chi connectivity index (χ1v) is 6.33. The monoisotopic (exact) mass is 268 g/mol. The van der Waals surface area contributed by atoms with Crippen molar-refractivity contribution in [1.29, 1.82) is 0 Å². The highest BCUT2D eigenvalue weighted by atomic mass is 35.5. The number of hydrogen-bond donors (Lipinski definition) is 2. The normalized spacial score (nSPS) is 22.9. The Morgan fingerprint density at radius 2 is 2.06 bits per heavy atom. The Bertz CT molecular complexity index is 409. The second-order valence-corrected chi connectivity index (χ2v) is 4.97. The summed E-state index contributed by atoms with van der Waals surface area (Å²) >= 11 is 0. The van der Waals surface area contributed by atoms with Crippen LogP contribution >= 0.6 is 12.4 Å². The van der Waals surface area contributed by atoms with Crippen molar-refractivity contribution in [2.45, 2.75) is 38.6 Å². The number of amides is 1. The maximum absolute atomic E-state index is 12.0. The van der Waals surface area contributed by atoms with Gasteiger partial charge in [0.2, 0.25) is 0 Å². The fourth-order valence-corrected chi connectivity index (χ4v) is 2.46. The van der Waals surface area contributed by atoms with Crippen molar-refractivity contribution in [3.05, 3.63) is 29.8 Å². The Morgan fingerprint density at radius 3 is 2.72 bits per heavy atom. The average Bonchev–Trinajstić information content (AvgIpc) is 2.32. The molecule has 1 saturated carbocycles. The summed E-state index contributed by atoms with van der Waals surface area (Å²) in [6.07, 6.45) is 4.80. The first kappa shape index (κ1) is 14.8. The second kappa shape index (κ2) is 6.64. The molecule has 2 rings (SSSR count). The SMILES string of the molecule is CC1CCCCC1NC(=O)c1cccc(N)c1.Cl. The molecule has 1 fully saturated rings. The van der Waals surface area contributed by atoms with Gasteiger partial charge in [0.1, 0.15) is 0 Å². The van der Waals surface area contributed by atoms with Crippen LogP contribution in [0.1, 0.15) is 43.0 Å². The minimum absolute atomic E-state index is 0. The van der Waals surface area contributed by atoms with Crippen molar-refractivity contribution in [3.63, 3.8) is 0 Å². The zero-order valence-corrected chi connectivity index (χ0v) is 11.5. The van der Waals surface area contributed by atoms with E-state index >= 15 is 0 Å². The average molecular weight is 269 g/mol. The molecule has 0 bridgehead atoms. The van der Waals surface area contributed by atoms with E-state index in [-0.39, 0.29) is 18.3 Å². The molecule has 0 spiro atoms. The van der Waals surface area contributed by atoms with Crippen molar-refractivity contribution < 1.29 is 4.79 Å². The highest BCUT2D eigenvalue weighted by molar-refractivity contribution is 5.95. The lowest BCUT2D eigenvalue weighted by molar-refractivity contribution is 0.0910. The van der Waals surface area contributed by atoms with Gasteiger partial charge in [-0.3, -0.25) is 4.79 Å². The van der Waals surface area contributed by atoms with Gasteiger partial charge in [0.15, 0.2) is 0 Å². The van der Waals surface area contributed by atoms with Gasteiger partial charge < -0.3 is 11.1 Å². The van der Waals surface area contributed by atoms with Crippen molar-refractivity contribution >= 4 is 24.0 Å². The van der Waals surface area contributed by atoms with Crippen LogP contribution in [0.4, 0.5) is 5.69 Å². The molecule has 0 heterocycles. The summed E-state index contributed by atoms with van der Waals surface area (Å²) in [7, 11) is 0. The molecular formula is C14H21ClN2O. The Morgan fingerprint density at radius 1 is 1.33 bits per heavy atom. The number of carbonyl (C=O) groups excluding carboxylic acids is 1. The van der Waals surface area contributed by atoms with Crippen LogP contribution in [0.3, 0.4) is 0 Å². The molecule has 0 radical (unpaired) electrons. The van der Waals surface area contributed by atoms with Crippen LogP contribution in [0.2, 0.25) is 0 Å². The molecule has 1 amide bonds. The fourth-order valence-electron chi connectivity index (χ4n) is 2.46. The van der Waals surface area contributed by atoms with Gasteiger partial charge in [-0.15, -0.1) is 12.4 Å². The Balaban J connectivity index is 0.00000162. The maximum atomic E-state index is 12.0. The molecule has 18 heavy (non-hydrogen) atoms. The van der Waals surface area contributed by atoms with Crippen molar-refractivity contribution in [1.82, 2.24) is 5.32 Å². The van der Waals surface area contributed by atoms with Crippen LogP contribution in [0, 0.1) is 5.92 Å². The predicted octanol–water partition coefficient (Wildman–Crippen LogP) is 3.00. The lowest BCUT2D eigenvalue weighted by Gasteiger charge is -2.29. The second-order valence-electron chi connectivity index (χ2n) is 4.97. The molecule has 3 nitrogen and oxygen atoms in total. The van der Waals surface area contributed by atoms with Gasteiger partial charge in [0.25, 0.3) is 5.91 Å². The number of nitrogen functional groups attached to an aromatic ring is 1. The van der Waals surface area contributed by atoms with Gasteiger partial charge in [-0.25, -0.2) is 0 Å². The Hall–Kier alpha value is -1.22. The third-order valence-corrected chi connectivity index (χ3v) is 3.58. The molecule has 1 aliphatic carbocycles. The van der Waals surface area contributed by atoms with Crippen molar-refractivity contribution in [3.8, 4) is 0 Å². The van der Waals surface area contributed by atoms with Crippen LogP contribution in [0.5, 0.6) is 0 Å². The van der Waals surface area contributed by atoms with Crippen LogP contribution in [-0.2, 0) is 0 Å². The van der Waals surface area contributed by atoms with E-state index in [1.165, 1.54) is 19.3 Å². The van der Waals surface area contributed by atoms with E-state index in [4.69, 9.17) is 5.73 Å². The lowest BCUT2D eigenvalue weighted by atomic mass is 9.86. The molecule has 1 aromatic rings. The Kier molecular flexibility index (Phi) is 5.48. The van der Waals surface area contributed by atoms with E-state index in [0.29, 0.717) is 23.2 Å². The Labute approximate surface area is 115 Å². The molecule has 2 unspecified atom stereocenters. The summed E-state index contributed by atoms with van der Waals surface area (Å²) in [4.78, 5) is 12.0. The highest BCUT2D eigenvalue weighted by Gasteiger charge is 2.23. The number of benzene rings is 1. The lowest BCUT2D eigenvalue weighted by Crippen LogP contribution is -2.41. The molecular weight excluding hydrogens is 248 g/mol. The summed E-state index contributed by atoms with van der Waals surface area (Å²) in [5.41, 5.74) is 6.97. The quantitative estimate of drug-likeness (QED) is 0.810. The minimum atomic E-state index is -0.00366. The number of rotatable bonds is 2. The summed E-state index contributed by atoms with van der Waals surface area (Å²) in [6.45, 7) is 2.21. The van der Waals surface area contributed by atoms with Crippen LogP contribution in [0.25, 0.3) is 0 Å². The fraction of sp³-hybridized carbons (Fsp3) is 0.500. The van der Waals surface area contributed by atoms with Crippen LogP contribution < -0.4 is 11.1 Å². The van der Waals surface area contributed by atoms with E-state index in [2.05, 4.69) is 12.2 Å². The first-order valence-electron chi connectivity index (χ1n) is 6.33. The van der Waals surface area contributed by atoms with Crippen LogP contribution in [0.15, 0.2) is 24.3 Å². The number of nitrogens with two attached hydrogens (primary N) is 1. The molecule has 0 aliphatic heterocycles. The topological polar surface area (TPSA) is 55.1 Å². The molecule has 0 saturated heterocycles. The highest BCUT2D eigenvalue weighted by Crippen LogP contribution is 2.24. The number of halogens is 1. The molecule has 4 heteroatoms. The van der Waals surface area contributed by atoms with Crippen molar-refractivity contribution in [2.24, 2.45) is 5.92 Å². The largest absolute Gasteiger partial charge is 0.399 e. The van der Waals surface area contributed by atoms with Crippen molar-refractivity contribution in [2.75, 3.05) is 5.73 Å². The zero-order chi connectivity index (χ0) is 12.3. The van der Waals surface area contributed by atoms with E-state index < -0.39 is 0 Å². The molecule has 1 aliphatic rings. The van der Waals surface area contributed by atoms with E-state index in [9.17, 15) is 4.79 Å². The van der Waals surface area contributed by atoms with Gasteiger partial charge in [-0.1, -0.05) is 25.8 Å². The number of carbonyl (C=O) groups is 1. The third-order valence-electron chi connectivity index (χ3n) is 3.58. The zero-order valence-electron chi connectivity index (χ0n) is 10.7. The van der Waals surface area contributed by atoms with E-state index in [1.54, 1.807) is 18.2 Å². The van der Waals surface area contributed by atoms with Gasteiger partial charge in [0.05, 0.1) is 0 Å². The van der Waals surface area contributed by atoms with Gasteiger partial charge in [0, 0.05) is 17.3 Å². The molecule has 1 aromatic carbocycles. The summed E-state index contributed by atoms with van der Waals surface area (Å²) in [6, 6.07) is 7.45. The molecule has 3 N–H and O–H groups in total. The van der Waals surface area contributed by atoms with E-state index in [1.807, 2.05) is 6.07 Å². The maximum Gasteiger partial charge on any atom is 0.251 e. The van der Waals surface area contributed by atoms with E-state index in [0.717, 1.165) is 6.42 Å². The number of nitrogens with one attached hydrogen (secondary N) is 1. The predicted molar refractivity (Wildman–Crippen MR) is 77.0 cm³/mol. The van der Waals surface area contributed by atoms with Gasteiger partial charge in [-0.2, -0.15) is 0 Å². The van der Waals surface area contributed by atoms with Crippen LogP contribution in [-0.4, -0.2) is 11.9 Å². The number of anilines is 1. The number of hydrogen-bond acceptors (Lipinski definition) is 2. The third kappa shape index (κ3) is 3.64. The summed E-state index contributed by atoms with van der Waals surface area (Å²) in [5, 5.41) is 3.12. The molecule has 2 atom stereocenters. The molecule has 100 valence electrons. The first-order chi connectivity index (χ1) is 8.16. The molecule has 0 aromatic heterocycles. The van der Waals surface area contributed by atoms with Gasteiger partial charge >= 0.3 is 0 Å². The smallest absolute Gasteiger partial charge is 0.251 e. The summed E-state index contributed by atoms with van der Waals surface area (Å²) in [5.74, 6) is 0.574. The standard InChI is InChI=1S/C14H20N2O.ClH/c1-10-5-2-3-8-13(10)16-14(17)11-6-4-7-12(15)9-11;/h4,6-7,9-10,13H,2-3,5,8,15H2,1H3,(H,16,17);1H. The summed E-state index contributed by atoms with van der Waals surface area (Å²) < 4.78 is 0. The van der Waals surface area contributed by atoms with Gasteiger partial charge in [-0.05, 0) is 37.0 Å².